The average molecular weight is 251 g/mol. The van der Waals surface area contributed by atoms with Crippen LogP contribution < -0.4 is 5.11 Å². The van der Waals surface area contributed by atoms with Crippen molar-refractivity contribution in [1.29, 1.82) is 0 Å². The van der Waals surface area contributed by atoms with E-state index in [1.807, 2.05) is 0 Å². The van der Waals surface area contributed by atoms with Gasteiger partial charge in [-0.15, -0.1) is 0 Å². The van der Waals surface area contributed by atoms with Crippen molar-refractivity contribution in [2.24, 2.45) is 11.3 Å². The van der Waals surface area contributed by atoms with E-state index in [-0.39, 0.29) is 0 Å². The first kappa shape index (κ1) is 15.8. The van der Waals surface area contributed by atoms with Crippen LogP contribution in [0.5, 0.6) is 0 Å². The number of carbonyl (C=O) groups excluding carboxylic acids is 2. The zero-order valence-electron chi connectivity index (χ0n) is 10.5. The lowest BCUT2D eigenvalue weighted by atomic mass is 9.95. The van der Waals surface area contributed by atoms with Crippen molar-refractivity contribution >= 4 is 11.9 Å². The molecule has 0 bridgehead atoms. The van der Waals surface area contributed by atoms with Crippen LogP contribution in [0.4, 0.5) is 8.78 Å². The SMILES string of the molecule is CC(C)C(OC(=O)C(C)(C)C)C(F)(F)C(=O)[O-]. The number of rotatable bonds is 4. The number of hydrogen-bond donors (Lipinski definition) is 0. The molecule has 100 valence electrons. The molecule has 0 N–H and O–H groups in total. The van der Waals surface area contributed by atoms with Crippen LogP contribution in [0.1, 0.15) is 34.6 Å². The summed E-state index contributed by atoms with van der Waals surface area (Å²) >= 11 is 0. The third kappa shape index (κ3) is 3.94. The molecule has 0 aliphatic carbocycles. The number of hydrogen-bond acceptors (Lipinski definition) is 4. The van der Waals surface area contributed by atoms with Crippen LogP contribution in [0, 0.1) is 11.3 Å². The highest BCUT2D eigenvalue weighted by Gasteiger charge is 2.47. The van der Waals surface area contributed by atoms with Crippen molar-refractivity contribution < 1.29 is 28.2 Å². The molecule has 0 saturated heterocycles. The summed E-state index contributed by atoms with van der Waals surface area (Å²) in [5.41, 5.74) is -0.977. The Balaban J connectivity index is 5.04. The van der Waals surface area contributed by atoms with E-state index in [2.05, 4.69) is 4.74 Å². The van der Waals surface area contributed by atoms with Gasteiger partial charge in [-0.05, 0) is 26.7 Å². The Morgan fingerprint density at radius 3 is 1.82 bits per heavy atom. The first-order chi connectivity index (χ1) is 7.40. The molecular formula is C11H17F2O4-. The minimum atomic E-state index is -4.20. The van der Waals surface area contributed by atoms with Gasteiger partial charge in [-0.1, -0.05) is 13.8 Å². The van der Waals surface area contributed by atoms with Crippen LogP contribution in [-0.4, -0.2) is 24.0 Å². The molecule has 0 saturated carbocycles. The van der Waals surface area contributed by atoms with Gasteiger partial charge in [-0.2, -0.15) is 8.78 Å². The second-order valence-electron chi connectivity index (χ2n) is 5.23. The summed E-state index contributed by atoms with van der Waals surface area (Å²) in [5, 5.41) is 10.3. The molecule has 17 heavy (non-hydrogen) atoms. The minimum absolute atomic E-state index is 0.839. The number of ether oxygens (including phenoxy) is 1. The molecule has 0 heterocycles. The van der Waals surface area contributed by atoms with Gasteiger partial charge in [-0.25, -0.2) is 0 Å². The fraction of sp³-hybridized carbons (Fsp3) is 0.818. The number of carboxylic acids is 1. The van der Waals surface area contributed by atoms with Crippen LogP contribution in [0.15, 0.2) is 0 Å². The Morgan fingerprint density at radius 2 is 1.59 bits per heavy atom. The molecule has 0 aliphatic rings. The van der Waals surface area contributed by atoms with E-state index < -0.39 is 35.3 Å². The van der Waals surface area contributed by atoms with Gasteiger partial charge < -0.3 is 14.6 Å². The monoisotopic (exact) mass is 251 g/mol. The third-order valence-corrected chi connectivity index (χ3v) is 2.08. The van der Waals surface area contributed by atoms with Gasteiger partial charge in [-0.3, -0.25) is 4.79 Å². The highest BCUT2D eigenvalue weighted by Crippen LogP contribution is 2.29. The fourth-order valence-electron chi connectivity index (χ4n) is 1.04. The van der Waals surface area contributed by atoms with Gasteiger partial charge in [0, 0.05) is 0 Å². The normalized spacial score (nSPS) is 14.6. The van der Waals surface area contributed by atoms with E-state index in [9.17, 15) is 23.5 Å². The molecule has 6 heteroatoms. The Kier molecular flexibility index (Phi) is 4.62. The zero-order chi connectivity index (χ0) is 14.0. The summed E-state index contributed by atoms with van der Waals surface area (Å²) in [6.07, 6.45) is -2.03. The summed E-state index contributed by atoms with van der Waals surface area (Å²) < 4.78 is 31.1. The van der Waals surface area contributed by atoms with Crippen molar-refractivity contribution in [3.8, 4) is 0 Å². The summed E-state index contributed by atoms with van der Waals surface area (Å²) in [5.74, 6) is -8.46. The average Bonchev–Trinajstić information content (AvgIpc) is 2.10. The Bertz CT molecular complexity index is 305. The largest absolute Gasteiger partial charge is 0.544 e. The van der Waals surface area contributed by atoms with Gasteiger partial charge >= 0.3 is 11.9 Å². The van der Waals surface area contributed by atoms with Crippen molar-refractivity contribution in [2.75, 3.05) is 0 Å². The number of aliphatic carboxylic acids is 1. The summed E-state index contributed by atoms with van der Waals surface area (Å²) in [6, 6.07) is 0. The van der Waals surface area contributed by atoms with Crippen molar-refractivity contribution in [1.82, 2.24) is 0 Å². The predicted molar refractivity (Wildman–Crippen MR) is 54.1 cm³/mol. The maximum atomic E-state index is 13.3. The molecule has 1 atom stereocenters. The Hall–Kier alpha value is -1.20. The molecule has 0 fully saturated rings. The molecule has 0 rings (SSSR count). The smallest absolute Gasteiger partial charge is 0.323 e. The summed E-state index contributed by atoms with van der Waals surface area (Å²) in [7, 11) is 0. The number of esters is 1. The highest BCUT2D eigenvalue weighted by molar-refractivity contribution is 5.78. The van der Waals surface area contributed by atoms with Crippen LogP contribution >= 0.6 is 0 Å². The van der Waals surface area contributed by atoms with E-state index >= 15 is 0 Å². The third-order valence-electron chi connectivity index (χ3n) is 2.08. The summed E-state index contributed by atoms with van der Waals surface area (Å²) in [6.45, 7) is 7.16. The Morgan fingerprint density at radius 1 is 1.18 bits per heavy atom. The van der Waals surface area contributed by atoms with Crippen LogP contribution in [0.3, 0.4) is 0 Å². The topological polar surface area (TPSA) is 66.4 Å². The Labute approximate surface area is 99.0 Å². The van der Waals surface area contributed by atoms with Crippen LogP contribution in [0.25, 0.3) is 0 Å². The second kappa shape index (κ2) is 4.98. The van der Waals surface area contributed by atoms with Crippen molar-refractivity contribution in [3.63, 3.8) is 0 Å². The maximum absolute atomic E-state index is 13.3. The molecule has 0 radical (unpaired) electrons. The van der Waals surface area contributed by atoms with Crippen molar-refractivity contribution in [3.05, 3.63) is 0 Å². The van der Waals surface area contributed by atoms with E-state index in [1.165, 1.54) is 34.6 Å². The van der Waals surface area contributed by atoms with Gasteiger partial charge in [0.25, 0.3) is 0 Å². The molecule has 0 spiro atoms. The van der Waals surface area contributed by atoms with Crippen LogP contribution in [-0.2, 0) is 14.3 Å². The standard InChI is InChI=1S/C11H18F2O4/c1-6(2)7(11(12,13)8(14)15)17-9(16)10(3,4)5/h6-7H,1-5H3,(H,14,15)/p-1. The number of alkyl halides is 2. The molecule has 0 aromatic carbocycles. The summed E-state index contributed by atoms with van der Waals surface area (Å²) in [4.78, 5) is 21.8. The first-order valence-corrected chi connectivity index (χ1v) is 5.21. The number of halogens is 2. The van der Waals surface area contributed by atoms with Gasteiger partial charge in [0.15, 0.2) is 6.10 Å². The van der Waals surface area contributed by atoms with Gasteiger partial charge in [0.1, 0.15) is 5.97 Å². The molecule has 4 nitrogen and oxygen atoms in total. The molecule has 0 aromatic rings. The minimum Gasteiger partial charge on any atom is -0.544 e. The number of carboxylic acid groups (broad SMARTS) is 1. The molecule has 0 amide bonds. The van der Waals surface area contributed by atoms with E-state index in [1.54, 1.807) is 0 Å². The van der Waals surface area contributed by atoms with E-state index in [0.29, 0.717) is 0 Å². The van der Waals surface area contributed by atoms with Gasteiger partial charge in [0.05, 0.1) is 5.41 Å². The van der Waals surface area contributed by atoms with Crippen LogP contribution in [0.2, 0.25) is 0 Å². The first-order valence-electron chi connectivity index (χ1n) is 5.21. The lowest BCUT2D eigenvalue weighted by Gasteiger charge is -2.32. The molecule has 0 aliphatic heterocycles. The second-order valence-corrected chi connectivity index (χ2v) is 5.23. The van der Waals surface area contributed by atoms with E-state index in [0.717, 1.165) is 0 Å². The molecule has 1 unspecified atom stereocenters. The lowest BCUT2D eigenvalue weighted by molar-refractivity contribution is -0.337. The van der Waals surface area contributed by atoms with E-state index in [4.69, 9.17) is 0 Å². The molecule has 0 aromatic heterocycles. The quantitative estimate of drug-likeness (QED) is 0.699. The van der Waals surface area contributed by atoms with Crippen molar-refractivity contribution in [2.45, 2.75) is 46.6 Å². The predicted octanol–water partition coefficient (Wildman–Crippen LogP) is 0.985. The number of carbonyl (C=O) groups is 2. The van der Waals surface area contributed by atoms with Gasteiger partial charge in [0.2, 0.25) is 0 Å². The highest BCUT2D eigenvalue weighted by atomic mass is 19.3. The maximum Gasteiger partial charge on any atom is 0.323 e. The fourth-order valence-corrected chi connectivity index (χ4v) is 1.04. The zero-order valence-corrected chi connectivity index (χ0v) is 10.5. The molecular weight excluding hydrogens is 234 g/mol. The lowest BCUT2D eigenvalue weighted by Crippen LogP contribution is -2.54.